The van der Waals surface area contributed by atoms with E-state index >= 15 is 0 Å². The van der Waals surface area contributed by atoms with Crippen molar-refractivity contribution < 1.29 is 9.59 Å². The van der Waals surface area contributed by atoms with E-state index in [0.29, 0.717) is 18.6 Å². The summed E-state index contributed by atoms with van der Waals surface area (Å²) < 4.78 is 0. The average Bonchev–Trinajstić information content (AvgIpc) is 2.85. The lowest BCUT2D eigenvalue weighted by Crippen LogP contribution is -2.40. The van der Waals surface area contributed by atoms with Gasteiger partial charge in [-0.3, -0.25) is 9.59 Å². The first-order valence-corrected chi connectivity index (χ1v) is 7.76. The molecule has 4 heteroatoms. The lowest BCUT2D eigenvalue weighted by molar-refractivity contribution is -0.125. The van der Waals surface area contributed by atoms with E-state index in [1.54, 1.807) is 11.8 Å². The molecule has 1 N–H and O–H groups in total. The molecule has 3 nitrogen and oxygen atoms in total. The van der Waals surface area contributed by atoms with E-state index in [1.165, 1.54) is 4.90 Å². The molecule has 1 aromatic carbocycles. The highest BCUT2D eigenvalue weighted by atomic mass is 32.2. The zero-order chi connectivity index (χ0) is 13.2. The molecule has 3 rings (SSSR count). The molecule has 1 atom stereocenters. The van der Waals surface area contributed by atoms with Crippen molar-refractivity contribution >= 4 is 23.5 Å². The number of fused-ring (bicyclic) bond motifs is 1. The van der Waals surface area contributed by atoms with Gasteiger partial charge in [0.2, 0.25) is 5.91 Å². The van der Waals surface area contributed by atoms with Crippen molar-refractivity contribution in [1.29, 1.82) is 0 Å². The summed E-state index contributed by atoms with van der Waals surface area (Å²) in [5.41, 5.74) is 1.15. The number of nitrogens with one attached hydrogen (secondary N) is 1. The van der Waals surface area contributed by atoms with E-state index in [2.05, 4.69) is 11.4 Å². The molecular weight excluding hydrogens is 258 g/mol. The third-order valence-corrected chi connectivity index (χ3v) is 5.09. The Morgan fingerprint density at radius 3 is 2.74 bits per heavy atom. The number of benzene rings is 1. The summed E-state index contributed by atoms with van der Waals surface area (Å²) in [4.78, 5) is 24.8. The molecule has 1 heterocycles. The van der Waals surface area contributed by atoms with Gasteiger partial charge in [-0.2, -0.15) is 0 Å². The van der Waals surface area contributed by atoms with Gasteiger partial charge in [-0.05, 0) is 24.5 Å². The van der Waals surface area contributed by atoms with Crippen molar-refractivity contribution in [3.8, 4) is 0 Å². The van der Waals surface area contributed by atoms with Crippen molar-refractivity contribution in [2.45, 2.75) is 42.5 Å². The summed E-state index contributed by atoms with van der Waals surface area (Å²) in [7, 11) is 0. The Balaban J connectivity index is 1.64. The van der Waals surface area contributed by atoms with Gasteiger partial charge in [0.15, 0.2) is 0 Å². The zero-order valence-corrected chi connectivity index (χ0v) is 11.5. The number of hydrogen-bond donors (Lipinski definition) is 1. The maximum absolute atomic E-state index is 12.3. The highest BCUT2D eigenvalue weighted by molar-refractivity contribution is 7.99. The van der Waals surface area contributed by atoms with Crippen molar-refractivity contribution in [1.82, 2.24) is 5.32 Å². The standard InChI is InChI=1S/C15H17NO2S/c17-11-7-5-10(6-8-11)16-15(18)13-9-19-14-4-2-1-3-12(13)14/h1-4,10,13H,5-9H2,(H,16,18). The topological polar surface area (TPSA) is 46.2 Å². The molecule has 0 aromatic heterocycles. The summed E-state index contributed by atoms with van der Waals surface area (Å²) in [6.45, 7) is 0. The molecule has 100 valence electrons. The number of rotatable bonds is 2. The second-order valence-corrected chi connectivity index (χ2v) is 6.28. The highest BCUT2D eigenvalue weighted by Gasteiger charge is 2.30. The van der Waals surface area contributed by atoms with Gasteiger partial charge >= 0.3 is 0 Å². The minimum atomic E-state index is -0.0289. The van der Waals surface area contributed by atoms with E-state index < -0.39 is 0 Å². The fourth-order valence-electron chi connectivity index (χ4n) is 2.77. The second-order valence-electron chi connectivity index (χ2n) is 5.22. The summed E-state index contributed by atoms with van der Waals surface area (Å²) in [5, 5.41) is 3.12. The Morgan fingerprint density at radius 2 is 1.95 bits per heavy atom. The molecule has 0 saturated heterocycles. The van der Waals surface area contributed by atoms with Crippen LogP contribution < -0.4 is 5.32 Å². The molecule has 1 saturated carbocycles. The van der Waals surface area contributed by atoms with Crippen LogP contribution in [0, 0.1) is 0 Å². The van der Waals surface area contributed by atoms with Gasteiger partial charge in [-0.1, -0.05) is 18.2 Å². The van der Waals surface area contributed by atoms with Gasteiger partial charge in [-0.25, -0.2) is 0 Å². The normalized spacial score (nSPS) is 23.2. The molecule has 2 aliphatic rings. The fraction of sp³-hybridized carbons (Fsp3) is 0.467. The van der Waals surface area contributed by atoms with Crippen LogP contribution in [0.4, 0.5) is 0 Å². The molecule has 1 aliphatic carbocycles. The van der Waals surface area contributed by atoms with E-state index in [9.17, 15) is 9.59 Å². The maximum Gasteiger partial charge on any atom is 0.228 e. The Hall–Kier alpha value is -1.29. The monoisotopic (exact) mass is 275 g/mol. The number of thioether (sulfide) groups is 1. The Morgan fingerprint density at radius 1 is 1.21 bits per heavy atom. The molecule has 1 unspecified atom stereocenters. The third kappa shape index (κ3) is 2.68. The van der Waals surface area contributed by atoms with Crippen LogP contribution in [0.1, 0.15) is 37.2 Å². The SMILES string of the molecule is O=C1CCC(NC(=O)C2CSc3ccccc32)CC1. The van der Waals surface area contributed by atoms with E-state index in [4.69, 9.17) is 0 Å². The number of carbonyl (C=O) groups excluding carboxylic acids is 2. The molecule has 0 spiro atoms. The number of ketones is 1. The number of carbonyl (C=O) groups is 2. The summed E-state index contributed by atoms with van der Waals surface area (Å²) in [6, 6.07) is 8.31. The van der Waals surface area contributed by atoms with Gasteiger partial charge in [-0.15, -0.1) is 11.8 Å². The number of Topliss-reactive ketones (excluding diaryl/α,β-unsaturated/α-hetero) is 1. The van der Waals surface area contributed by atoms with Crippen LogP contribution in [0.25, 0.3) is 0 Å². The molecule has 19 heavy (non-hydrogen) atoms. The van der Waals surface area contributed by atoms with Crippen LogP contribution in [-0.2, 0) is 9.59 Å². The Labute approximate surface area is 117 Å². The van der Waals surface area contributed by atoms with Gasteiger partial charge < -0.3 is 5.32 Å². The number of amides is 1. The molecular formula is C15H17NO2S. The molecule has 1 aliphatic heterocycles. The Kier molecular flexibility index (Phi) is 3.60. The highest BCUT2D eigenvalue weighted by Crippen LogP contribution is 2.39. The lowest BCUT2D eigenvalue weighted by atomic mass is 9.93. The van der Waals surface area contributed by atoms with Crippen molar-refractivity contribution in [3.63, 3.8) is 0 Å². The van der Waals surface area contributed by atoms with Gasteiger partial charge in [0.25, 0.3) is 0 Å². The zero-order valence-electron chi connectivity index (χ0n) is 10.7. The van der Waals surface area contributed by atoms with Crippen LogP contribution in [-0.4, -0.2) is 23.5 Å². The lowest BCUT2D eigenvalue weighted by Gasteiger charge is -2.23. The van der Waals surface area contributed by atoms with Crippen LogP contribution in [0.15, 0.2) is 29.2 Å². The van der Waals surface area contributed by atoms with Gasteiger partial charge in [0, 0.05) is 29.5 Å². The number of hydrogen-bond acceptors (Lipinski definition) is 3. The summed E-state index contributed by atoms with van der Waals surface area (Å²) in [6.07, 6.45) is 2.82. The van der Waals surface area contributed by atoms with E-state index in [0.717, 1.165) is 24.2 Å². The first-order valence-electron chi connectivity index (χ1n) is 6.78. The predicted molar refractivity (Wildman–Crippen MR) is 75.3 cm³/mol. The van der Waals surface area contributed by atoms with Crippen LogP contribution in [0.5, 0.6) is 0 Å². The Bertz CT molecular complexity index is 505. The summed E-state index contributed by atoms with van der Waals surface area (Å²) in [5.74, 6) is 1.25. The van der Waals surface area contributed by atoms with Crippen molar-refractivity contribution in [2.24, 2.45) is 0 Å². The van der Waals surface area contributed by atoms with Gasteiger partial charge in [0.1, 0.15) is 5.78 Å². The third-order valence-electron chi connectivity index (χ3n) is 3.91. The quantitative estimate of drug-likeness (QED) is 0.902. The smallest absolute Gasteiger partial charge is 0.228 e. The second kappa shape index (κ2) is 5.37. The summed E-state index contributed by atoms with van der Waals surface area (Å²) >= 11 is 1.75. The molecule has 1 fully saturated rings. The largest absolute Gasteiger partial charge is 0.353 e. The van der Waals surface area contributed by atoms with E-state index in [-0.39, 0.29) is 17.9 Å². The predicted octanol–water partition coefficient (Wildman–Crippen LogP) is 2.50. The van der Waals surface area contributed by atoms with Crippen molar-refractivity contribution in [3.05, 3.63) is 29.8 Å². The molecule has 0 radical (unpaired) electrons. The molecule has 1 amide bonds. The minimum Gasteiger partial charge on any atom is -0.353 e. The first-order chi connectivity index (χ1) is 9.24. The molecule has 0 bridgehead atoms. The average molecular weight is 275 g/mol. The van der Waals surface area contributed by atoms with Crippen LogP contribution >= 0.6 is 11.8 Å². The maximum atomic E-state index is 12.3. The van der Waals surface area contributed by atoms with Gasteiger partial charge in [0.05, 0.1) is 5.92 Å². The van der Waals surface area contributed by atoms with Crippen LogP contribution in [0.3, 0.4) is 0 Å². The minimum absolute atomic E-state index is 0.0289. The van der Waals surface area contributed by atoms with E-state index in [1.807, 2.05) is 18.2 Å². The van der Waals surface area contributed by atoms with Crippen LogP contribution in [0.2, 0.25) is 0 Å². The fourth-order valence-corrected chi connectivity index (χ4v) is 3.99. The first kappa shape index (κ1) is 12.7. The van der Waals surface area contributed by atoms with Crippen molar-refractivity contribution in [2.75, 3.05) is 5.75 Å². The molecule has 1 aromatic rings.